The van der Waals surface area contributed by atoms with Gasteiger partial charge in [0.15, 0.2) is 0 Å². The second-order valence-corrected chi connectivity index (χ2v) is 8.91. The maximum Gasteiger partial charge on any atom is 0.253 e. The van der Waals surface area contributed by atoms with Crippen molar-refractivity contribution < 1.29 is 23.9 Å². The number of rotatable bonds is 4. The van der Waals surface area contributed by atoms with Crippen LogP contribution in [0.3, 0.4) is 0 Å². The molecular weight excluding hydrogens is 444 g/mol. The van der Waals surface area contributed by atoms with Crippen molar-refractivity contribution in [3.8, 4) is 16.9 Å². The third-order valence-corrected chi connectivity index (χ3v) is 6.49. The van der Waals surface area contributed by atoms with Crippen molar-refractivity contribution in [2.24, 2.45) is 0 Å². The van der Waals surface area contributed by atoms with Crippen LogP contribution in [0.2, 0.25) is 0 Å². The van der Waals surface area contributed by atoms with E-state index in [1.165, 1.54) is 6.92 Å². The molecule has 178 valence electrons. The lowest BCUT2D eigenvalue weighted by Crippen LogP contribution is -2.52. The summed E-state index contributed by atoms with van der Waals surface area (Å²) in [6.45, 7) is 2.95. The molecule has 0 saturated carbocycles. The van der Waals surface area contributed by atoms with Gasteiger partial charge in [-0.15, -0.1) is 0 Å². The van der Waals surface area contributed by atoms with Gasteiger partial charge in [0, 0.05) is 55.2 Å². The first-order chi connectivity index (χ1) is 16.9. The fraction of sp³-hybridized carbons (Fsp3) is 0.250. The van der Waals surface area contributed by atoms with Crippen LogP contribution in [0.1, 0.15) is 46.0 Å². The molecule has 35 heavy (non-hydrogen) atoms. The van der Waals surface area contributed by atoms with E-state index < -0.39 is 5.79 Å². The van der Waals surface area contributed by atoms with E-state index in [0.29, 0.717) is 49.4 Å². The topological polar surface area (TPSA) is 84.9 Å². The van der Waals surface area contributed by atoms with Crippen molar-refractivity contribution >= 4 is 23.8 Å². The third kappa shape index (κ3) is 4.81. The molecule has 1 N–H and O–H groups in total. The van der Waals surface area contributed by atoms with Crippen molar-refractivity contribution in [2.45, 2.75) is 32.2 Å². The molecule has 1 fully saturated rings. The minimum Gasteiger partial charge on any atom is -0.462 e. The Kier molecular flexibility index (Phi) is 6.09. The van der Waals surface area contributed by atoms with Gasteiger partial charge >= 0.3 is 0 Å². The SMILES string of the molecule is CC(=O)Nc1ccc(C(=O)N2CCC3(CC2)OCc2cc(-c4ccc(C=O)cc4)ccc2O3)cc1. The van der Waals surface area contributed by atoms with Gasteiger partial charge in [-0.2, -0.15) is 0 Å². The Morgan fingerprint density at radius 3 is 2.29 bits per heavy atom. The molecule has 2 heterocycles. The summed E-state index contributed by atoms with van der Waals surface area (Å²) >= 11 is 0. The average molecular weight is 471 g/mol. The van der Waals surface area contributed by atoms with Gasteiger partial charge in [0.25, 0.3) is 5.91 Å². The van der Waals surface area contributed by atoms with Gasteiger partial charge in [0.2, 0.25) is 11.7 Å². The Balaban J connectivity index is 1.23. The van der Waals surface area contributed by atoms with Crippen LogP contribution in [-0.2, 0) is 16.1 Å². The number of piperidine rings is 1. The molecule has 0 aromatic heterocycles. The Morgan fingerprint density at radius 2 is 1.63 bits per heavy atom. The molecule has 7 heteroatoms. The number of aldehydes is 1. The molecule has 3 aromatic rings. The van der Waals surface area contributed by atoms with Crippen LogP contribution in [0.5, 0.6) is 5.75 Å². The molecule has 1 saturated heterocycles. The molecule has 1 spiro atoms. The number of carbonyl (C=O) groups excluding carboxylic acids is 3. The van der Waals surface area contributed by atoms with Gasteiger partial charge < -0.3 is 19.7 Å². The summed E-state index contributed by atoms with van der Waals surface area (Å²) in [5, 5.41) is 2.71. The van der Waals surface area contributed by atoms with Crippen molar-refractivity contribution in [1.29, 1.82) is 0 Å². The summed E-state index contributed by atoms with van der Waals surface area (Å²) in [5.74, 6) is -0.121. The van der Waals surface area contributed by atoms with E-state index in [1.807, 2.05) is 29.2 Å². The second kappa shape index (κ2) is 9.35. The lowest BCUT2D eigenvalue weighted by atomic mass is 9.98. The highest BCUT2D eigenvalue weighted by Crippen LogP contribution is 2.39. The van der Waals surface area contributed by atoms with Crippen molar-refractivity contribution in [2.75, 3.05) is 18.4 Å². The van der Waals surface area contributed by atoms with Crippen LogP contribution in [0, 0.1) is 0 Å². The molecule has 0 bridgehead atoms. The smallest absolute Gasteiger partial charge is 0.253 e. The van der Waals surface area contributed by atoms with E-state index in [1.54, 1.807) is 36.4 Å². The monoisotopic (exact) mass is 470 g/mol. The Labute approximate surface area is 203 Å². The summed E-state index contributed by atoms with van der Waals surface area (Å²) < 4.78 is 12.5. The molecule has 0 unspecified atom stereocenters. The van der Waals surface area contributed by atoms with Crippen molar-refractivity contribution in [3.05, 3.63) is 83.4 Å². The van der Waals surface area contributed by atoms with E-state index in [-0.39, 0.29) is 11.8 Å². The summed E-state index contributed by atoms with van der Waals surface area (Å²) in [6, 6.07) is 20.4. The molecule has 0 radical (unpaired) electrons. The van der Waals surface area contributed by atoms with E-state index >= 15 is 0 Å². The number of amides is 2. The minimum absolute atomic E-state index is 0.0457. The number of nitrogens with zero attached hydrogens (tertiary/aromatic N) is 1. The van der Waals surface area contributed by atoms with Crippen molar-refractivity contribution in [3.63, 3.8) is 0 Å². The van der Waals surface area contributed by atoms with E-state index in [4.69, 9.17) is 9.47 Å². The van der Waals surface area contributed by atoms with E-state index in [0.717, 1.165) is 28.7 Å². The Bertz CT molecular complexity index is 1260. The first kappa shape index (κ1) is 22.8. The zero-order valence-corrected chi connectivity index (χ0v) is 19.5. The fourth-order valence-corrected chi connectivity index (χ4v) is 4.54. The van der Waals surface area contributed by atoms with Crippen LogP contribution in [0.4, 0.5) is 5.69 Å². The summed E-state index contributed by atoms with van der Waals surface area (Å²) in [6.07, 6.45) is 1.99. The number of nitrogens with one attached hydrogen (secondary N) is 1. The highest BCUT2D eigenvalue weighted by molar-refractivity contribution is 5.95. The molecule has 2 aliphatic heterocycles. The standard InChI is InChI=1S/C28H26N2O5/c1-19(32)29-25-9-6-22(7-10-25)27(33)30-14-12-28(13-15-30)34-18-24-16-23(8-11-26(24)35-28)21-4-2-20(17-31)3-5-21/h2-11,16-17H,12-15,18H2,1H3,(H,29,32). The highest BCUT2D eigenvalue weighted by atomic mass is 16.7. The maximum absolute atomic E-state index is 13.0. The van der Waals surface area contributed by atoms with Gasteiger partial charge in [-0.3, -0.25) is 14.4 Å². The van der Waals surface area contributed by atoms with Crippen LogP contribution >= 0.6 is 0 Å². The first-order valence-corrected chi connectivity index (χ1v) is 11.6. The second-order valence-electron chi connectivity index (χ2n) is 8.91. The minimum atomic E-state index is -0.730. The average Bonchev–Trinajstić information content (AvgIpc) is 2.89. The predicted molar refractivity (Wildman–Crippen MR) is 131 cm³/mol. The lowest BCUT2D eigenvalue weighted by Gasteiger charge is -2.44. The molecule has 0 aliphatic carbocycles. The quantitative estimate of drug-likeness (QED) is 0.561. The number of anilines is 1. The molecule has 0 atom stereocenters. The van der Waals surface area contributed by atoms with Gasteiger partial charge in [-0.1, -0.05) is 30.3 Å². The van der Waals surface area contributed by atoms with Crippen LogP contribution in [0.25, 0.3) is 11.1 Å². The van der Waals surface area contributed by atoms with Crippen LogP contribution < -0.4 is 10.1 Å². The molecule has 7 nitrogen and oxygen atoms in total. The van der Waals surface area contributed by atoms with Crippen molar-refractivity contribution in [1.82, 2.24) is 4.90 Å². The molecule has 2 aliphatic rings. The molecule has 5 rings (SSSR count). The number of hydrogen-bond acceptors (Lipinski definition) is 5. The van der Waals surface area contributed by atoms with Gasteiger partial charge in [-0.05, 0) is 47.5 Å². The highest BCUT2D eigenvalue weighted by Gasteiger charge is 2.42. The molecule has 2 amide bonds. The maximum atomic E-state index is 13.0. The summed E-state index contributed by atoms with van der Waals surface area (Å²) in [5.41, 5.74) is 4.93. The number of benzene rings is 3. The summed E-state index contributed by atoms with van der Waals surface area (Å²) in [4.78, 5) is 36.9. The predicted octanol–water partition coefficient (Wildman–Crippen LogP) is 4.67. The van der Waals surface area contributed by atoms with Crippen LogP contribution in [-0.4, -0.2) is 41.9 Å². The first-order valence-electron chi connectivity index (χ1n) is 11.6. The number of ether oxygens (including phenoxy) is 2. The van der Waals surface area contributed by atoms with Crippen LogP contribution in [0.15, 0.2) is 66.7 Å². The normalized spacial score (nSPS) is 16.2. The largest absolute Gasteiger partial charge is 0.462 e. The van der Waals surface area contributed by atoms with E-state index in [2.05, 4.69) is 11.4 Å². The van der Waals surface area contributed by atoms with E-state index in [9.17, 15) is 14.4 Å². The third-order valence-electron chi connectivity index (χ3n) is 6.49. The molecular formula is C28H26N2O5. The fourth-order valence-electron chi connectivity index (χ4n) is 4.54. The molecule has 3 aromatic carbocycles. The zero-order chi connectivity index (χ0) is 24.4. The van der Waals surface area contributed by atoms with Gasteiger partial charge in [0.1, 0.15) is 12.0 Å². The summed E-state index contributed by atoms with van der Waals surface area (Å²) in [7, 11) is 0. The Morgan fingerprint density at radius 1 is 0.943 bits per heavy atom. The number of hydrogen-bond donors (Lipinski definition) is 1. The number of fused-ring (bicyclic) bond motifs is 1. The van der Waals surface area contributed by atoms with Gasteiger partial charge in [-0.25, -0.2) is 0 Å². The number of carbonyl (C=O) groups is 3. The Hall–Kier alpha value is -3.97. The lowest BCUT2D eigenvalue weighted by molar-refractivity contribution is -0.225. The number of likely N-dealkylation sites (tertiary alicyclic amines) is 1. The zero-order valence-electron chi connectivity index (χ0n) is 19.5. The van der Waals surface area contributed by atoms with Gasteiger partial charge in [0.05, 0.1) is 6.61 Å².